The summed E-state index contributed by atoms with van der Waals surface area (Å²) in [6.45, 7) is 0.900. The first-order valence-electron chi connectivity index (χ1n) is 12.2. The smallest absolute Gasteiger partial charge is 0.231 e. The Balaban J connectivity index is 1.57. The van der Waals surface area contributed by atoms with Crippen LogP contribution in [0.3, 0.4) is 0 Å². The zero-order valence-corrected chi connectivity index (χ0v) is 22.8. The van der Waals surface area contributed by atoms with Gasteiger partial charge in [-0.1, -0.05) is 65.1 Å². The van der Waals surface area contributed by atoms with Crippen LogP contribution >= 0.6 is 34.8 Å². The van der Waals surface area contributed by atoms with Crippen molar-refractivity contribution in [2.45, 2.75) is 29.1 Å². The van der Waals surface area contributed by atoms with Gasteiger partial charge in [0.15, 0.2) is 23.0 Å². The molecule has 3 aromatic carbocycles. The van der Waals surface area contributed by atoms with Crippen LogP contribution in [0.5, 0.6) is 23.0 Å². The number of hydrogen-bond donors (Lipinski definition) is 0. The first kappa shape index (κ1) is 24.6. The van der Waals surface area contributed by atoms with E-state index >= 15 is 0 Å². The van der Waals surface area contributed by atoms with Crippen molar-refractivity contribution < 1.29 is 18.9 Å². The van der Waals surface area contributed by atoms with E-state index in [9.17, 15) is 0 Å². The number of aryl methyl sites for hydroxylation is 2. The van der Waals surface area contributed by atoms with Gasteiger partial charge in [-0.2, -0.15) is 0 Å². The van der Waals surface area contributed by atoms with Gasteiger partial charge in [0.2, 0.25) is 10.6 Å². The number of hydrogen-bond acceptors (Lipinski definition) is 5. The number of alkyl halides is 3. The Morgan fingerprint density at radius 3 is 2.43 bits per heavy atom. The molecule has 1 unspecified atom stereocenters. The first-order chi connectivity index (χ1) is 17.9. The van der Waals surface area contributed by atoms with E-state index in [1.54, 1.807) is 14.2 Å². The molecule has 192 valence electrons. The largest absolute Gasteiger partial charge is 0.493 e. The third-order valence-electron chi connectivity index (χ3n) is 7.34. The summed E-state index contributed by atoms with van der Waals surface area (Å²) in [7, 11) is 3.27. The molecule has 3 aliphatic heterocycles. The third kappa shape index (κ3) is 4.27. The second-order valence-corrected chi connectivity index (χ2v) is 11.7. The fourth-order valence-electron chi connectivity index (χ4n) is 5.67. The summed E-state index contributed by atoms with van der Waals surface area (Å²) < 4.78 is 21.4. The zero-order valence-electron chi connectivity index (χ0n) is 20.5. The van der Waals surface area contributed by atoms with Crippen molar-refractivity contribution in [3.8, 4) is 23.0 Å². The molecule has 0 N–H and O–H groups in total. The highest BCUT2D eigenvalue weighted by atomic mass is 35.6. The number of ether oxygens (including phenoxy) is 4. The summed E-state index contributed by atoms with van der Waals surface area (Å²) in [5.41, 5.74) is 7.44. The summed E-state index contributed by atoms with van der Waals surface area (Å²) in [6, 6.07) is 16.0. The summed E-state index contributed by atoms with van der Waals surface area (Å²) in [6.07, 6.45) is 4.63. The maximum atomic E-state index is 6.75. The van der Waals surface area contributed by atoms with Crippen LogP contribution in [0, 0.1) is 0 Å². The normalized spacial score (nSPS) is 17.5. The highest BCUT2D eigenvalue weighted by Crippen LogP contribution is 2.57. The van der Waals surface area contributed by atoms with E-state index in [-0.39, 0.29) is 6.79 Å². The van der Waals surface area contributed by atoms with E-state index < -0.39 is 9.83 Å². The fraction of sp³-hybridized carbons (Fsp3) is 0.310. The van der Waals surface area contributed by atoms with Crippen molar-refractivity contribution in [1.82, 2.24) is 4.90 Å². The molecule has 6 rings (SSSR count). The average Bonchev–Trinajstić information content (AvgIpc) is 3.36. The number of benzene rings is 3. The minimum Gasteiger partial charge on any atom is -0.493 e. The van der Waals surface area contributed by atoms with E-state index in [0.29, 0.717) is 18.0 Å². The highest BCUT2D eigenvalue weighted by Gasteiger charge is 2.47. The van der Waals surface area contributed by atoms with Crippen LogP contribution in [-0.2, 0) is 19.3 Å². The van der Waals surface area contributed by atoms with E-state index in [0.717, 1.165) is 58.7 Å². The molecule has 0 radical (unpaired) electrons. The van der Waals surface area contributed by atoms with Crippen LogP contribution in [0.15, 0.2) is 48.5 Å². The van der Waals surface area contributed by atoms with Gasteiger partial charge in [-0.25, -0.2) is 0 Å². The maximum absolute atomic E-state index is 6.75. The number of nitrogens with zero attached hydrogens (tertiary/aromatic N) is 1. The number of fused-ring (bicyclic) bond motifs is 5. The Morgan fingerprint density at radius 1 is 0.973 bits per heavy atom. The Hall–Kier alpha value is -2.73. The van der Waals surface area contributed by atoms with Gasteiger partial charge in [-0.3, -0.25) is 0 Å². The Bertz CT molecular complexity index is 1380. The maximum Gasteiger partial charge on any atom is 0.231 e. The quantitative estimate of drug-likeness (QED) is 0.315. The molecule has 3 aliphatic rings. The van der Waals surface area contributed by atoms with Gasteiger partial charge >= 0.3 is 0 Å². The van der Waals surface area contributed by atoms with E-state index in [4.69, 9.17) is 53.8 Å². The van der Waals surface area contributed by atoms with Crippen LogP contribution < -0.4 is 18.9 Å². The molecule has 8 heteroatoms. The second-order valence-electron chi connectivity index (χ2n) is 9.36. The Morgan fingerprint density at radius 2 is 1.73 bits per heavy atom. The molecule has 3 heterocycles. The van der Waals surface area contributed by atoms with Crippen molar-refractivity contribution in [3.05, 3.63) is 81.9 Å². The van der Waals surface area contributed by atoms with Crippen LogP contribution in [0.1, 0.15) is 39.4 Å². The molecule has 0 aliphatic carbocycles. The van der Waals surface area contributed by atoms with Gasteiger partial charge in [-0.15, -0.1) is 0 Å². The van der Waals surface area contributed by atoms with Crippen LogP contribution in [0.4, 0.5) is 0 Å². The molecule has 3 aromatic rings. The van der Waals surface area contributed by atoms with Gasteiger partial charge < -0.3 is 23.8 Å². The monoisotopic (exact) mass is 557 g/mol. The third-order valence-corrected chi connectivity index (χ3v) is 7.96. The minimum absolute atomic E-state index is 0.223. The lowest BCUT2D eigenvalue weighted by atomic mass is 9.83. The Kier molecular flexibility index (Phi) is 6.34. The standard InChI is InChI=1S/C29H26Cl3NO4/c1-34-25-13-18(9-8-17-6-4-3-5-7-17)21-14-22-20-15-24-23(36-16-37-24)12-19(20)10-11-33(22)28(29(30,31)32)26(21)27(25)35-2/h3-7,12-15,28H,8-11,16H2,1-2H3. The van der Waals surface area contributed by atoms with E-state index in [1.807, 2.05) is 18.2 Å². The number of rotatable bonds is 5. The molecular weight excluding hydrogens is 533 g/mol. The van der Waals surface area contributed by atoms with Gasteiger partial charge in [0.05, 0.1) is 14.2 Å². The molecule has 0 amide bonds. The molecule has 37 heavy (non-hydrogen) atoms. The van der Waals surface area contributed by atoms with E-state index in [1.165, 1.54) is 11.1 Å². The lowest BCUT2D eigenvalue weighted by Gasteiger charge is -2.46. The van der Waals surface area contributed by atoms with Crippen LogP contribution in [0.25, 0.3) is 11.8 Å². The van der Waals surface area contributed by atoms with Crippen molar-refractivity contribution in [2.24, 2.45) is 0 Å². The minimum atomic E-state index is -1.63. The Labute approximate surface area is 231 Å². The molecule has 0 bridgehead atoms. The number of halogens is 3. The van der Waals surface area contributed by atoms with Crippen molar-refractivity contribution in [1.29, 1.82) is 0 Å². The van der Waals surface area contributed by atoms with Crippen LogP contribution in [-0.4, -0.2) is 36.2 Å². The molecule has 0 aromatic heterocycles. The average molecular weight is 559 g/mol. The van der Waals surface area contributed by atoms with Crippen molar-refractivity contribution >= 4 is 46.6 Å². The topological polar surface area (TPSA) is 40.2 Å². The fourth-order valence-corrected chi connectivity index (χ4v) is 6.35. The molecule has 1 atom stereocenters. The summed E-state index contributed by atoms with van der Waals surface area (Å²) in [5, 5.41) is 0. The second kappa shape index (κ2) is 9.54. The van der Waals surface area contributed by atoms with Crippen LogP contribution in [0.2, 0.25) is 0 Å². The summed E-state index contributed by atoms with van der Waals surface area (Å²) in [4.78, 5) is 2.17. The molecule has 5 nitrogen and oxygen atoms in total. The highest BCUT2D eigenvalue weighted by molar-refractivity contribution is 6.68. The predicted octanol–water partition coefficient (Wildman–Crippen LogP) is 7.00. The van der Waals surface area contributed by atoms with Crippen molar-refractivity contribution in [3.63, 3.8) is 0 Å². The predicted molar refractivity (Wildman–Crippen MR) is 147 cm³/mol. The van der Waals surface area contributed by atoms with Gasteiger partial charge in [0.1, 0.15) is 6.04 Å². The lowest BCUT2D eigenvalue weighted by Crippen LogP contribution is -2.41. The summed E-state index contributed by atoms with van der Waals surface area (Å²) >= 11 is 20.3. The molecule has 0 fully saturated rings. The molecule has 0 spiro atoms. The number of methoxy groups -OCH3 is 2. The molecule has 0 saturated carbocycles. The zero-order chi connectivity index (χ0) is 25.7. The molecular formula is C29H26Cl3NO4. The van der Waals surface area contributed by atoms with Gasteiger partial charge in [0, 0.05) is 23.4 Å². The summed E-state index contributed by atoms with van der Waals surface area (Å²) in [5.74, 6) is 2.72. The first-order valence-corrected chi connectivity index (χ1v) is 13.3. The van der Waals surface area contributed by atoms with Gasteiger partial charge in [-0.05, 0) is 65.8 Å². The van der Waals surface area contributed by atoms with Crippen molar-refractivity contribution in [2.75, 3.05) is 27.6 Å². The molecule has 0 saturated heterocycles. The van der Waals surface area contributed by atoms with Gasteiger partial charge in [0.25, 0.3) is 0 Å². The SMILES string of the molecule is COc1cc(CCc2ccccc2)c2c(c1OC)C(C(Cl)(Cl)Cl)N1CCc3cc4c(cc3C1=C2)OCO4. The van der Waals surface area contributed by atoms with E-state index in [2.05, 4.69) is 41.3 Å². The lowest BCUT2D eigenvalue weighted by molar-refractivity contribution is 0.174.